The van der Waals surface area contributed by atoms with Gasteiger partial charge in [-0.2, -0.15) is 4.99 Å². The van der Waals surface area contributed by atoms with Gasteiger partial charge in [-0.15, -0.1) is 11.3 Å². The zero-order valence-corrected chi connectivity index (χ0v) is 14.1. The molecule has 1 atom stereocenters. The van der Waals surface area contributed by atoms with E-state index in [4.69, 9.17) is 4.74 Å². The number of ether oxygens (including phenoxy) is 1. The van der Waals surface area contributed by atoms with Gasteiger partial charge in [0.25, 0.3) is 5.91 Å². The minimum Gasteiger partial charge on any atom is -0.497 e. The maximum absolute atomic E-state index is 12.4. The molecule has 0 fully saturated rings. The van der Waals surface area contributed by atoms with Crippen LogP contribution in [0.5, 0.6) is 5.75 Å². The standard InChI is InChI=1S/C16H19N3O3S/c1-4-13(15(21)17-2)19-8-9-23-16(19)18-14(20)11-6-5-7-12(10-11)22-3/h5-10,13H,4H2,1-3H3,(H,17,21)/t13-/m1/s1. The lowest BCUT2D eigenvalue weighted by Gasteiger charge is -2.14. The molecule has 1 heterocycles. The quantitative estimate of drug-likeness (QED) is 0.909. The van der Waals surface area contributed by atoms with E-state index in [9.17, 15) is 9.59 Å². The van der Waals surface area contributed by atoms with Gasteiger partial charge in [0.15, 0.2) is 4.80 Å². The van der Waals surface area contributed by atoms with E-state index in [0.717, 1.165) is 0 Å². The Bertz CT molecular complexity index is 764. The van der Waals surface area contributed by atoms with Gasteiger partial charge in [0.2, 0.25) is 5.91 Å². The fourth-order valence-electron chi connectivity index (χ4n) is 2.19. The third-order valence-electron chi connectivity index (χ3n) is 3.40. The monoisotopic (exact) mass is 333 g/mol. The lowest BCUT2D eigenvalue weighted by molar-refractivity contribution is -0.124. The van der Waals surface area contributed by atoms with E-state index in [1.807, 2.05) is 12.3 Å². The lowest BCUT2D eigenvalue weighted by Crippen LogP contribution is -2.33. The summed E-state index contributed by atoms with van der Waals surface area (Å²) in [6.07, 6.45) is 2.38. The van der Waals surface area contributed by atoms with Crippen molar-refractivity contribution in [2.75, 3.05) is 14.2 Å². The van der Waals surface area contributed by atoms with E-state index in [-0.39, 0.29) is 17.9 Å². The molecule has 23 heavy (non-hydrogen) atoms. The Morgan fingerprint density at radius 2 is 2.22 bits per heavy atom. The number of methoxy groups -OCH3 is 1. The number of carbonyl (C=O) groups excluding carboxylic acids is 2. The van der Waals surface area contributed by atoms with Crippen LogP contribution in [0.15, 0.2) is 40.8 Å². The smallest absolute Gasteiger partial charge is 0.279 e. The van der Waals surface area contributed by atoms with Crippen molar-refractivity contribution >= 4 is 23.2 Å². The van der Waals surface area contributed by atoms with E-state index >= 15 is 0 Å². The van der Waals surface area contributed by atoms with Gasteiger partial charge in [-0.25, -0.2) is 0 Å². The van der Waals surface area contributed by atoms with Gasteiger partial charge in [-0.1, -0.05) is 13.0 Å². The number of likely N-dealkylation sites (N-methyl/N-ethyl adjacent to an activating group) is 1. The Balaban J connectivity index is 2.38. The summed E-state index contributed by atoms with van der Waals surface area (Å²) in [6.45, 7) is 1.91. The van der Waals surface area contributed by atoms with Crippen molar-refractivity contribution in [3.05, 3.63) is 46.2 Å². The third-order valence-corrected chi connectivity index (χ3v) is 4.17. The number of nitrogens with zero attached hydrogens (tertiary/aromatic N) is 2. The average Bonchev–Trinajstić information content (AvgIpc) is 3.03. The van der Waals surface area contributed by atoms with Crippen molar-refractivity contribution in [3.63, 3.8) is 0 Å². The average molecular weight is 333 g/mol. The van der Waals surface area contributed by atoms with Crippen LogP contribution in [0.3, 0.4) is 0 Å². The molecular formula is C16H19N3O3S. The van der Waals surface area contributed by atoms with Crippen molar-refractivity contribution in [2.24, 2.45) is 4.99 Å². The first-order valence-corrected chi connectivity index (χ1v) is 8.09. The van der Waals surface area contributed by atoms with Crippen LogP contribution in [0.4, 0.5) is 0 Å². The second-order valence-electron chi connectivity index (χ2n) is 4.78. The van der Waals surface area contributed by atoms with Gasteiger partial charge >= 0.3 is 0 Å². The molecule has 1 N–H and O–H groups in total. The predicted octanol–water partition coefficient (Wildman–Crippen LogP) is 2.00. The molecule has 0 radical (unpaired) electrons. The second kappa shape index (κ2) is 7.73. The number of hydrogen-bond acceptors (Lipinski definition) is 4. The van der Waals surface area contributed by atoms with E-state index in [0.29, 0.717) is 22.5 Å². The molecule has 0 aliphatic carbocycles. The number of rotatable bonds is 5. The summed E-state index contributed by atoms with van der Waals surface area (Å²) in [7, 11) is 3.14. The SMILES string of the molecule is CC[C@H](C(=O)NC)n1ccsc1=NC(=O)c1cccc(OC)c1. The fraction of sp³-hybridized carbons (Fsp3) is 0.312. The van der Waals surface area contributed by atoms with Crippen LogP contribution < -0.4 is 14.9 Å². The highest BCUT2D eigenvalue weighted by molar-refractivity contribution is 7.07. The molecule has 0 bridgehead atoms. The van der Waals surface area contributed by atoms with Gasteiger partial charge in [-0.3, -0.25) is 9.59 Å². The highest BCUT2D eigenvalue weighted by Crippen LogP contribution is 2.14. The minimum absolute atomic E-state index is 0.110. The first kappa shape index (κ1) is 17.0. The molecular weight excluding hydrogens is 314 g/mol. The van der Waals surface area contributed by atoms with Gasteiger partial charge in [-0.05, 0) is 24.6 Å². The van der Waals surface area contributed by atoms with Crippen molar-refractivity contribution in [1.82, 2.24) is 9.88 Å². The molecule has 0 unspecified atom stereocenters. The van der Waals surface area contributed by atoms with Crippen LogP contribution >= 0.6 is 11.3 Å². The van der Waals surface area contributed by atoms with Crippen LogP contribution in [-0.2, 0) is 4.79 Å². The van der Waals surface area contributed by atoms with Crippen LogP contribution in [0.2, 0.25) is 0 Å². The normalized spacial score (nSPS) is 12.7. The van der Waals surface area contributed by atoms with E-state index in [1.54, 1.807) is 49.2 Å². The molecule has 0 aliphatic rings. The van der Waals surface area contributed by atoms with E-state index < -0.39 is 0 Å². The van der Waals surface area contributed by atoms with Crippen molar-refractivity contribution in [1.29, 1.82) is 0 Å². The number of amides is 2. The molecule has 0 aliphatic heterocycles. The summed E-state index contributed by atoms with van der Waals surface area (Å²) in [5.74, 6) is 0.120. The van der Waals surface area contributed by atoms with Crippen LogP contribution in [0.25, 0.3) is 0 Å². The number of nitrogens with one attached hydrogen (secondary N) is 1. The fourth-order valence-corrected chi connectivity index (χ4v) is 2.94. The predicted molar refractivity (Wildman–Crippen MR) is 88.6 cm³/mol. The Morgan fingerprint density at radius 1 is 1.43 bits per heavy atom. The molecule has 7 heteroatoms. The number of thiazole rings is 1. The molecule has 122 valence electrons. The van der Waals surface area contributed by atoms with Gasteiger partial charge in [0.1, 0.15) is 11.8 Å². The van der Waals surface area contributed by atoms with Gasteiger partial charge < -0.3 is 14.6 Å². The zero-order valence-electron chi connectivity index (χ0n) is 13.3. The zero-order chi connectivity index (χ0) is 16.8. The van der Waals surface area contributed by atoms with E-state index in [2.05, 4.69) is 10.3 Å². The van der Waals surface area contributed by atoms with E-state index in [1.165, 1.54) is 11.3 Å². The molecule has 1 aromatic heterocycles. The number of benzene rings is 1. The molecule has 2 rings (SSSR count). The Labute approximate surface area is 138 Å². The Hall–Kier alpha value is -2.41. The Morgan fingerprint density at radius 3 is 2.87 bits per heavy atom. The number of hydrogen-bond donors (Lipinski definition) is 1. The summed E-state index contributed by atoms with van der Waals surface area (Å²) in [5, 5.41) is 4.44. The molecule has 1 aromatic carbocycles. The summed E-state index contributed by atoms with van der Waals surface area (Å²) >= 11 is 1.32. The van der Waals surface area contributed by atoms with Crippen LogP contribution in [0.1, 0.15) is 29.7 Å². The second-order valence-corrected chi connectivity index (χ2v) is 5.65. The van der Waals surface area contributed by atoms with Crippen molar-refractivity contribution < 1.29 is 14.3 Å². The molecule has 2 amide bonds. The number of aromatic nitrogens is 1. The third kappa shape index (κ3) is 3.87. The molecule has 0 spiro atoms. The molecule has 0 saturated heterocycles. The summed E-state index contributed by atoms with van der Waals surface area (Å²) in [6, 6.07) is 6.44. The first-order chi connectivity index (χ1) is 11.1. The summed E-state index contributed by atoms with van der Waals surface area (Å²) in [4.78, 5) is 29.0. The molecule has 6 nitrogen and oxygen atoms in total. The van der Waals surface area contributed by atoms with Crippen LogP contribution in [0, 0.1) is 0 Å². The molecule has 2 aromatic rings. The molecule has 0 saturated carbocycles. The highest BCUT2D eigenvalue weighted by Gasteiger charge is 2.18. The van der Waals surface area contributed by atoms with Crippen LogP contribution in [-0.4, -0.2) is 30.5 Å². The first-order valence-electron chi connectivity index (χ1n) is 7.21. The highest BCUT2D eigenvalue weighted by atomic mass is 32.1. The Kier molecular flexibility index (Phi) is 5.70. The van der Waals surface area contributed by atoms with Gasteiger partial charge in [0.05, 0.1) is 7.11 Å². The maximum Gasteiger partial charge on any atom is 0.279 e. The van der Waals surface area contributed by atoms with Gasteiger partial charge in [0, 0.05) is 24.2 Å². The summed E-state index contributed by atoms with van der Waals surface area (Å²) in [5.41, 5.74) is 0.442. The topological polar surface area (TPSA) is 72.7 Å². The number of carbonyl (C=O) groups is 2. The van der Waals surface area contributed by atoms with Crippen molar-refractivity contribution in [2.45, 2.75) is 19.4 Å². The summed E-state index contributed by atoms with van der Waals surface area (Å²) < 4.78 is 6.84. The lowest BCUT2D eigenvalue weighted by atomic mass is 10.2. The maximum atomic E-state index is 12.4. The largest absolute Gasteiger partial charge is 0.497 e. The van der Waals surface area contributed by atoms with Crippen molar-refractivity contribution in [3.8, 4) is 5.75 Å². The minimum atomic E-state index is -0.386.